The summed E-state index contributed by atoms with van der Waals surface area (Å²) in [6.07, 6.45) is 4.10. The van der Waals surface area contributed by atoms with E-state index in [9.17, 15) is 9.59 Å². The molecule has 0 amide bonds. The Morgan fingerprint density at radius 2 is 2.00 bits per heavy atom. The molecule has 0 aromatic heterocycles. The second-order valence-corrected chi connectivity index (χ2v) is 2.04. The fourth-order valence-corrected chi connectivity index (χ4v) is 0.608. The first-order valence-corrected chi connectivity index (χ1v) is 3.19. The topological polar surface area (TPSA) is 54.4 Å². The first-order valence-electron chi connectivity index (χ1n) is 3.19. The summed E-state index contributed by atoms with van der Waals surface area (Å²) in [5.41, 5.74) is 0. The lowest BCUT2D eigenvalue weighted by atomic mass is 10.1. The van der Waals surface area contributed by atoms with Crippen LogP contribution >= 0.6 is 0 Å². The van der Waals surface area contributed by atoms with Gasteiger partial charge in [0.1, 0.15) is 0 Å². The Morgan fingerprint density at radius 1 is 1.30 bits per heavy atom. The molecule has 56 valence electrons. The van der Waals surface area contributed by atoms with E-state index in [2.05, 4.69) is 0 Å². The minimum Gasteiger partial charge on any atom is -0.393 e. The van der Waals surface area contributed by atoms with Crippen LogP contribution in [0.3, 0.4) is 0 Å². The molecule has 10 heavy (non-hydrogen) atoms. The predicted octanol–water partition coefficient (Wildman–Crippen LogP) is 0.127. The Balaban J connectivity index is 3.11. The van der Waals surface area contributed by atoms with Crippen LogP contribution in [0.1, 0.15) is 25.7 Å². The summed E-state index contributed by atoms with van der Waals surface area (Å²) in [6.45, 7) is 0. The Hall–Kier alpha value is -0.700. The maximum absolute atomic E-state index is 9.69. The predicted molar refractivity (Wildman–Crippen MR) is 35.9 cm³/mol. The smallest absolute Gasteiger partial charge is 0.201 e. The highest BCUT2D eigenvalue weighted by atomic mass is 16.3. The van der Waals surface area contributed by atoms with Gasteiger partial charge >= 0.3 is 0 Å². The van der Waals surface area contributed by atoms with Gasteiger partial charge < -0.3 is 5.11 Å². The summed E-state index contributed by atoms with van der Waals surface area (Å²) in [4.78, 5) is 19.3. The summed E-state index contributed by atoms with van der Waals surface area (Å²) in [5.74, 6) is 0. The molecule has 0 aliphatic carbocycles. The van der Waals surface area contributed by atoms with Crippen LogP contribution in [0.25, 0.3) is 0 Å². The van der Waals surface area contributed by atoms with E-state index in [1.165, 1.54) is 0 Å². The third-order valence-electron chi connectivity index (χ3n) is 1.14. The third-order valence-corrected chi connectivity index (χ3v) is 1.14. The van der Waals surface area contributed by atoms with E-state index >= 15 is 0 Å². The molecule has 3 nitrogen and oxygen atoms in total. The monoisotopic (exact) mass is 142 g/mol. The summed E-state index contributed by atoms with van der Waals surface area (Å²) in [7, 11) is 0. The lowest BCUT2D eigenvalue weighted by Crippen LogP contribution is -2.06. The van der Waals surface area contributed by atoms with Crippen LogP contribution in [-0.4, -0.2) is 23.8 Å². The Kier molecular flexibility index (Phi) is 5.97. The van der Waals surface area contributed by atoms with Crippen molar-refractivity contribution in [3.63, 3.8) is 0 Å². The molecular formula is C7H10O3. The SMILES string of the molecule is O=[C]CCC[C@@H](O)C[C]=O. The molecule has 0 rings (SSSR count). The number of aliphatic hydroxyl groups excluding tert-OH is 1. The number of hydrogen-bond donors (Lipinski definition) is 1. The van der Waals surface area contributed by atoms with Gasteiger partial charge in [-0.1, -0.05) is 0 Å². The van der Waals surface area contributed by atoms with Gasteiger partial charge in [0, 0.05) is 12.8 Å². The van der Waals surface area contributed by atoms with Crippen molar-refractivity contribution >= 4 is 12.6 Å². The van der Waals surface area contributed by atoms with Gasteiger partial charge in [0.05, 0.1) is 6.10 Å². The van der Waals surface area contributed by atoms with E-state index in [1.807, 2.05) is 0 Å². The molecule has 0 spiro atoms. The van der Waals surface area contributed by atoms with E-state index in [0.29, 0.717) is 19.3 Å². The standard InChI is InChI=1S/C7H10O3/c8-5-2-1-3-7(10)4-6-9/h7,10H,1-4H2/t7-/m1/s1. The van der Waals surface area contributed by atoms with E-state index in [-0.39, 0.29) is 6.42 Å². The van der Waals surface area contributed by atoms with Gasteiger partial charge in [-0.25, -0.2) is 0 Å². The molecule has 1 N–H and O–H groups in total. The van der Waals surface area contributed by atoms with Gasteiger partial charge in [0.15, 0.2) is 6.29 Å². The second kappa shape index (κ2) is 6.42. The summed E-state index contributed by atoms with van der Waals surface area (Å²) in [6, 6.07) is 0. The van der Waals surface area contributed by atoms with Crippen LogP contribution < -0.4 is 0 Å². The highest BCUT2D eigenvalue weighted by molar-refractivity contribution is 5.51. The molecule has 0 aromatic carbocycles. The maximum Gasteiger partial charge on any atom is 0.201 e. The zero-order valence-electron chi connectivity index (χ0n) is 5.67. The van der Waals surface area contributed by atoms with Crippen LogP contribution in [0.15, 0.2) is 0 Å². The van der Waals surface area contributed by atoms with Gasteiger partial charge in [-0.05, 0) is 12.8 Å². The second-order valence-electron chi connectivity index (χ2n) is 2.04. The van der Waals surface area contributed by atoms with Crippen molar-refractivity contribution in [1.29, 1.82) is 0 Å². The van der Waals surface area contributed by atoms with Crippen LogP contribution in [0, 0.1) is 0 Å². The molecule has 0 aliphatic heterocycles. The minimum absolute atomic E-state index is 0.0405. The van der Waals surface area contributed by atoms with Gasteiger partial charge in [-0.15, -0.1) is 0 Å². The Morgan fingerprint density at radius 3 is 2.50 bits per heavy atom. The quantitative estimate of drug-likeness (QED) is 0.536. The molecule has 3 heteroatoms. The Bertz CT molecular complexity index is 101. The molecule has 0 unspecified atom stereocenters. The van der Waals surface area contributed by atoms with Crippen LogP contribution in [-0.2, 0) is 9.59 Å². The van der Waals surface area contributed by atoms with Crippen LogP contribution in [0.5, 0.6) is 0 Å². The van der Waals surface area contributed by atoms with E-state index < -0.39 is 6.10 Å². The largest absolute Gasteiger partial charge is 0.393 e. The fraction of sp³-hybridized carbons (Fsp3) is 0.714. The van der Waals surface area contributed by atoms with Gasteiger partial charge in [0.25, 0.3) is 0 Å². The lowest BCUT2D eigenvalue weighted by Gasteiger charge is -2.02. The molecule has 0 saturated heterocycles. The van der Waals surface area contributed by atoms with Crippen molar-refractivity contribution in [2.75, 3.05) is 0 Å². The van der Waals surface area contributed by atoms with E-state index in [1.54, 1.807) is 12.6 Å². The number of hydrogen-bond acceptors (Lipinski definition) is 3. The number of rotatable bonds is 6. The first kappa shape index (κ1) is 9.30. The molecule has 0 heterocycles. The van der Waals surface area contributed by atoms with Crippen molar-refractivity contribution in [2.45, 2.75) is 31.8 Å². The van der Waals surface area contributed by atoms with Crippen molar-refractivity contribution in [3.05, 3.63) is 0 Å². The minimum atomic E-state index is -0.633. The van der Waals surface area contributed by atoms with E-state index in [0.717, 1.165) is 0 Å². The average molecular weight is 142 g/mol. The van der Waals surface area contributed by atoms with Crippen LogP contribution in [0.4, 0.5) is 0 Å². The van der Waals surface area contributed by atoms with E-state index in [4.69, 9.17) is 5.11 Å². The van der Waals surface area contributed by atoms with Gasteiger partial charge in [0.2, 0.25) is 6.29 Å². The zero-order valence-corrected chi connectivity index (χ0v) is 5.67. The summed E-state index contributed by atoms with van der Waals surface area (Å²) < 4.78 is 0. The van der Waals surface area contributed by atoms with Crippen molar-refractivity contribution in [2.24, 2.45) is 0 Å². The molecule has 1 atom stereocenters. The summed E-state index contributed by atoms with van der Waals surface area (Å²) >= 11 is 0. The van der Waals surface area contributed by atoms with Crippen molar-refractivity contribution in [3.8, 4) is 0 Å². The van der Waals surface area contributed by atoms with Gasteiger partial charge in [-0.2, -0.15) is 0 Å². The molecule has 0 aromatic rings. The normalized spacial score (nSPS) is 12.5. The average Bonchev–Trinajstić information content (AvgIpc) is 1.89. The Labute approximate surface area is 60.0 Å². The van der Waals surface area contributed by atoms with Crippen molar-refractivity contribution in [1.82, 2.24) is 0 Å². The van der Waals surface area contributed by atoms with Crippen LogP contribution in [0.2, 0.25) is 0 Å². The first-order chi connectivity index (χ1) is 4.81. The fourth-order valence-electron chi connectivity index (χ4n) is 0.608. The van der Waals surface area contributed by atoms with Crippen molar-refractivity contribution < 1.29 is 14.7 Å². The number of carbonyl (C=O) groups excluding carboxylic acids is 2. The lowest BCUT2D eigenvalue weighted by molar-refractivity contribution is 0.169. The molecule has 0 saturated carbocycles. The highest BCUT2D eigenvalue weighted by Crippen LogP contribution is 2.00. The summed E-state index contributed by atoms with van der Waals surface area (Å²) in [5, 5.41) is 8.88. The molecule has 0 fully saturated rings. The number of unbranched alkanes of at least 4 members (excludes halogenated alkanes) is 1. The van der Waals surface area contributed by atoms with Gasteiger partial charge in [-0.3, -0.25) is 9.59 Å². The number of aliphatic hydroxyl groups is 1. The maximum atomic E-state index is 9.69. The molecule has 0 aliphatic rings. The highest BCUT2D eigenvalue weighted by Gasteiger charge is 2.01. The molecular weight excluding hydrogens is 132 g/mol. The molecule has 0 bridgehead atoms. The zero-order chi connectivity index (χ0) is 7.82. The third kappa shape index (κ3) is 5.44. The molecule has 2 radical (unpaired) electrons.